The molecule has 1 atom stereocenters. The van der Waals surface area contributed by atoms with E-state index in [1.54, 1.807) is 6.07 Å². The Kier molecular flexibility index (Phi) is 4.90. The highest BCUT2D eigenvalue weighted by atomic mass is 19.1. The first kappa shape index (κ1) is 14.7. The van der Waals surface area contributed by atoms with Crippen LogP contribution < -0.4 is 5.32 Å². The van der Waals surface area contributed by atoms with E-state index in [0.717, 1.165) is 30.8 Å². The Morgan fingerprint density at radius 1 is 1.30 bits per heavy atom. The lowest BCUT2D eigenvalue weighted by Gasteiger charge is -2.17. The van der Waals surface area contributed by atoms with Crippen molar-refractivity contribution in [1.29, 1.82) is 0 Å². The number of hydrogen-bond donors (Lipinski definition) is 1. The number of halogens is 1. The van der Waals surface area contributed by atoms with Gasteiger partial charge in [0.15, 0.2) is 0 Å². The van der Waals surface area contributed by atoms with Crippen LogP contribution in [0, 0.1) is 5.82 Å². The fraction of sp³-hybridized carbons (Fsp3) is 0.438. The Balaban J connectivity index is 2.26. The number of aryl methyl sites for hydroxylation is 2. The van der Waals surface area contributed by atoms with Crippen molar-refractivity contribution in [2.24, 2.45) is 0 Å². The number of benzene rings is 1. The Morgan fingerprint density at radius 3 is 2.65 bits per heavy atom. The fourth-order valence-electron chi connectivity index (χ4n) is 2.46. The van der Waals surface area contributed by atoms with Gasteiger partial charge < -0.3 is 5.32 Å². The van der Waals surface area contributed by atoms with Gasteiger partial charge in [-0.3, -0.25) is 4.68 Å². The fourth-order valence-corrected chi connectivity index (χ4v) is 2.46. The lowest BCUT2D eigenvalue weighted by atomic mass is 10.0. The minimum Gasteiger partial charge on any atom is -0.313 e. The summed E-state index contributed by atoms with van der Waals surface area (Å²) in [5.41, 5.74) is 2.94. The number of nitrogens with zero attached hydrogens (tertiary/aromatic N) is 2. The van der Waals surface area contributed by atoms with E-state index in [1.165, 1.54) is 6.07 Å². The summed E-state index contributed by atoms with van der Waals surface area (Å²) in [7, 11) is 1.87. The number of aromatic nitrogens is 2. The van der Waals surface area contributed by atoms with Crippen LogP contribution in [0.3, 0.4) is 0 Å². The van der Waals surface area contributed by atoms with Crippen molar-refractivity contribution in [2.45, 2.75) is 39.3 Å². The van der Waals surface area contributed by atoms with Crippen molar-refractivity contribution in [2.75, 3.05) is 7.05 Å². The molecule has 0 fully saturated rings. The molecule has 2 rings (SSSR count). The van der Waals surface area contributed by atoms with Crippen LogP contribution in [0.2, 0.25) is 0 Å². The molecule has 0 aliphatic carbocycles. The zero-order valence-corrected chi connectivity index (χ0v) is 12.4. The standard InChI is InChI=1S/C16H22FN3/c1-4-12-10-13(20(5-2)19-12)11-16(18-3)14-8-6-7-9-15(14)17/h6-10,16,18H,4-5,11H2,1-3H3. The second kappa shape index (κ2) is 6.66. The van der Waals surface area contributed by atoms with E-state index in [-0.39, 0.29) is 11.9 Å². The van der Waals surface area contributed by atoms with E-state index in [1.807, 2.05) is 23.9 Å². The maximum Gasteiger partial charge on any atom is 0.127 e. The van der Waals surface area contributed by atoms with E-state index in [2.05, 4.69) is 30.3 Å². The van der Waals surface area contributed by atoms with Crippen LogP contribution >= 0.6 is 0 Å². The monoisotopic (exact) mass is 275 g/mol. The molecule has 0 bridgehead atoms. The Labute approximate surface area is 119 Å². The number of hydrogen-bond acceptors (Lipinski definition) is 2. The van der Waals surface area contributed by atoms with Crippen molar-refractivity contribution < 1.29 is 4.39 Å². The quantitative estimate of drug-likeness (QED) is 0.878. The summed E-state index contributed by atoms with van der Waals surface area (Å²) in [5.74, 6) is -0.162. The summed E-state index contributed by atoms with van der Waals surface area (Å²) in [4.78, 5) is 0. The summed E-state index contributed by atoms with van der Waals surface area (Å²) in [5, 5.41) is 7.75. The summed E-state index contributed by atoms with van der Waals surface area (Å²) >= 11 is 0. The highest BCUT2D eigenvalue weighted by molar-refractivity contribution is 5.23. The molecule has 1 N–H and O–H groups in total. The van der Waals surface area contributed by atoms with Gasteiger partial charge in [-0.15, -0.1) is 0 Å². The van der Waals surface area contributed by atoms with Crippen LogP contribution in [0.4, 0.5) is 4.39 Å². The van der Waals surface area contributed by atoms with Crippen molar-refractivity contribution in [3.63, 3.8) is 0 Å². The average molecular weight is 275 g/mol. The maximum atomic E-state index is 13.9. The van der Waals surface area contributed by atoms with Crippen molar-refractivity contribution in [1.82, 2.24) is 15.1 Å². The molecule has 0 amide bonds. The zero-order valence-electron chi connectivity index (χ0n) is 12.4. The maximum absolute atomic E-state index is 13.9. The molecule has 1 unspecified atom stereocenters. The third-order valence-corrected chi connectivity index (χ3v) is 3.62. The number of rotatable bonds is 6. The largest absolute Gasteiger partial charge is 0.313 e. The number of nitrogens with one attached hydrogen (secondary N) is 1. The van der Waals surface area contributed by atoms with Gasteiger partial charge in [-0.05, 0) is 32.5 Å². The van der Waals surface area contributed by atoms with Crippen molar-refractivity contribution >= 4 is 0 Å². The Morgan fingerprint density at radius 2 is 2.05 bits per heavy atom. The smallest absolute Gasteiger partial charge is 0.127 e. The van der Waals surface area contributed by atoms with Crippen molar-refractivity contribution in [3.05, 3.63) is 53.1 Å². The van der Waals surface area contributed by atoms with Crippen LogP contribution in [-0.4, -0.2) is 16.8 Å². The van der Waals surface area contributed by atoms with Gasteiger partial charge in [0.05, 0.1) is 5.69 Å². The SMILES string of the molecule is CCc1cc(CC(NC)c2ccccc2F)n(CC)n1. The molecular weight excluding hydrogens is 253 g/mol. The molecule has 0 aliphatic heterocycles. The van der Waals surface area contributed by atoms with Crippen molar-refractivity contribution in [3.8, 4) is 0 Å². The second-order valence-corrected chi connectivity index (χ2v) is 4.86. The first-order chi connectivity index (χ1) is 9.69. The lowest BCUT2D eigenvalue weighted by Crippen LogP contribution is -2.21. The van der Waals surface area contributed by atoms with E-state index >= 15 is 0 Å². The van der Waals surface area contributed by atoms with E-state index in [0.29, 0.717) is 5.56 Å². The van der Waals surface area contributed by atoms with E-state index in [4.69, 9.17) is 0 Å². The molecule has 20 heavy (non-hydrogen) atoms. The third-order valence-electron chi connectivity index (χ3n) is 3.62. The summed E-state index contributed by atoms with van der Waals surface area (Å²) in [6, 6.07) is 9.02. The predicted octanol–water partition coefficient (Wildman–Crippen LogP) is 3.11. The Bertz CT molecular complexity index is 563. The second-order valence-electron chi connectivity index (χ2n) is 4.86. The van der Waals surface area contributed by atoms with Crippen LogP contribution in [-0.2, 0) is 19.4 Å². The molecule has 108 valence electrons. The van der Waals surface area contributed by atoms with Gasteiger partial charge in [-0.1, -0.05) is 25.1 Å². The molecule has 1 aromatic heterocycles. The van der Waals surface area contributed by atoms with Gasteiger partial charge in [0, 0.05) is 30.3 Å². The molecule has 0 saturated heterocycles. The summed E-state index contributed by atoms with van der Waals surface area (Å²) < 4.78 is 15.9. The summed E-state index contributed by atoms with van der Waals surface area (Å²) in [6.45, 7) is 5.01. The van der Waals surface area contributed by atoms with Gasteiger partial charge in [0.25, 0.3) is 0 Å². The normalized spacial score (nSPS) is 12.6. The summed E-state index contributed by atoms with van der Waals surface area (Å²) in [6.07, 6.45) is 1.65. The van der Waals surface area contributed by atoms with Gasteiger partial charge in [0.2, 0.25) is 0 Å². The molecule has 3 nitrogen and oxygen atoms in total. The minimum atomic E-state index is -0.162. The van der Waals surface area contributed by atoms with Crippen LogP contribution in [0.5, 0.6) is 0 Å². The first-order valence-electron chi connectivity index (χ1n) is 7.16. The molecule has 1 aromatic carbocycles. The highest BCUT2D eigenvalue weighted by Crippen LogP contribution is 2.21. The molecule has 0 radical (unpaired) electrons. The van der Waals surface area contributed by atoms with Crippen LogP contribution in [0.15, 0.2) is 30.3 Å². The molecule has 2 aromatic rings. The molecule has 0 aliphatic rings. The third kappa shape index (κ3) is 3.07. The molecule has 1 heterocycles. The number of likely N-dealkylation sites (N-methyl/N-ethyl adjacent to an activating group) is 1. The van der Waals surface area contributed by atoms with E-state index in [9.17, 15) is 4.39 Å². The van der Waals surface area contributed by atoms with Crippen LogP contribution in [0.1, 0.15) is 36.8 Å². The van der Waals surface area contributed by atoms with E-state index < -0.39 is 0 Å². The van der Waals surface area contributed by atoms with Crippen LogP contribution in [0.25, 0.3) is 0 Å². The molecule has 4 heteroatoms. The lowest BCUT2D eigenvalue weighted by molar-refractivity contribution is 0.510. The molecule has 0 spiro atoms. The highest BCUT2D eigenvalue weighted by Gasteiger charge is 2.17. The molecular formula is C16H22FN3. The van der Waals surface area contributed by atoms with Gasteiger partial charge in [0.1, 0.15) is 5.82 Å². The minimum absolute atomic E-state index is 0.0390. The first-order valence-corrected chi connectivity index (χ1v) is 7.16. The predicted molar refractivity (Wildman–Crippen MR) is 79.2 cm³/mol. The topological polar surface area (TPSA) is 29.9 Å². The van der Waals surface area contributed by atoms with Gasteiger partial charge >= 0.3 is 0 Å². The van der Waals surface area contributed by atoms with Gasteiger partial charge in [-0.25, -0.2) is 4.39 Å². The Hall–Kier alpha value is -1.68. The average Bonchev–Trinajstić information content (AvgIpc) is 2.88. The van der Waals surface area contributed by atoms with Gasteiger partial charge in [-0.2, -0.15) is 5.10 Å². The zero-order chi connectivity index (χ0) is 14.5. The molecule has 0 saturated carbocycles.